The molecule has 7 heteroatoms. The number of thiocarbonyl (C=S) groups is 1. The minimum atomic E-state index is -0.308. The van der Waals surface area contributed by atoms with Crippen LogP contribution in [0.4, 0.5) is 4.39 Å². The molecule has 1 atom stereocenters. The molecule has 5 nitrogen and oxygen atoms in total. The van der Waals surface area contributed by atoms with E-state index in [1.54, 1.807) is 12.1 Å². The fraction of sp³-hybridized carbons (Fsp3) is 0.261. The molecule has 0 bridgehead atoms. The summed E-state index contributed by atoms with van der Waals surface area (Å²) < 4.78 is 19.2. The van der Waals surface area contributed by atoms with Gasteiger partial charge in [0.05, 0.1) is 11.6 Å². The van der Waals surface area contributed by atoms with E-state index in [1.807, 2.05) is 43.0 Å². The van der Waals surface area contributed by atoms with Gasteiger partial charge in [-0.1, -0.05) is 54.0 Å². The maximum atomic E-state index is 13.5. The molecular formula is C23H23FN4OS. The zero-order valence-electron chi connectivity index (χ0n) is 17.1. The molecule has 30 heavy (non-hydrogen) atoms. The minimum Gasteiger partial charge on any atom is -0.351 e. The van der Waals surface area contributed by atoms with Crippen LogP contribution < -0.4 is 5.32 Å². The van der Waals surface area contributed by atoms with Gasteiger partial charge in [0.1, 0.15) is 5.82 Å². The third-order valence-electron chi connectivity index (χ3n) is 5.21. The number of benzene rings is 2. The van der Waals surface area contributed by atoms with E-state index in [0.717, 1.165) is 40.9 Å². The van der Waals surface area contributed by atoms with Crippen molar-refractivity contribution in [1.82, 2.24) is 20.4 Å². The summed E-state index contributed by atoms with van der Waals surface area (Å²) in [5, 5.41) is 8.20. The van der Waals surface area contributed by atoms with Gasteiger partial charge < -0.3 is 14.7 Å². The Balaban J connectivity index is 1.80. The monoisotopic (exact) mass is 422 g/mol. The second kappa shape index (κ2) is 8.36. The molecule has 1 aliphatic rings. The van der Waals surface area contributed by atoms with Gasteiger partial charge in [0.25, 0.3) is 5.89 Å². The van der Waals surface area contributed by atoms with E-state index in [9.17, 15) is 4.39 Å². The number of allylic oxidation sites excluding steroid dienone is 1. The number of hydrogen-bond donors (Lipinski definition) is 1. The Morgan fingerprint density at radius 2 is 1.80 bits per heavy atom. The number of nitrogens with one attached hydrogen (secondary N) is 1. The zero-order chi connectivity index (χ0) is 21.3. The van der Waals surface area contributed by atoms with Gasteiger partial charge in [-0.3, -0.25) is 0 Å². The SMILES string of the molecule is CCCN1C(=S)NC(c2ccc(F)cc2)C(c2nc(-c3ccc(C)cc3)no2)=C1C. The van der Waals surface area contributed by atoms with Crippen molar-refractivity contribution in [3.8, 4) is 11.4 Å². The lowest BCUT2D eigenvalue weighted by molar-refractivity contribution is 0.396. The maximum absolute atomic E-state index is 13.5. The molecule has 1 aliphatic heterocycles. The van der Waals surface area contributed by atoms with Crippen LogP contribution in [-0.2, 0) is 0 Å². The highest BCUT2D eigenvalue weighted by Gasteiger charge is 2.33. The van der Waals surface area contributed by atoms with Gasteiger partial charge in [0.2, 0.25) is 5.82 Å². The van der Waals surface area contributed by atoms with Crippen LogP contribution in [0.5, 0.6) is 0 Å². The summed E-state index contributed by atoms with van der Waals surface area (Å²) in [4.78, 5) is 6.72. The van der Waals surface area contributed by atoms with Crippen molar-refractivity contribution in [3.05, 3.63) is 77.1 Å². The molecule has 3 aromatic rings. The molecule has 154 valence electrons. The van der Waals surface area contributed by atoms with E-state index >= 15 is 0 Å². The van der Waals surface area contributed by atoms with E-state index in [2.05, 4.69) is 22.4 Å². The largest absolute Gasteiger partial charge is 0.351 e. The Bertz CT molecular complexity index is 1090. The maximum Gasteiger partial charge on any atom is 0.258 e. The molecular weight excluding hydrogens is 399 g/mol. The Kier molecular flexibility index (Phi) is 5.63. The van der Waals surface area contributed by atoms with E-state index in [4.69, 9.17) is 16.7 Å². The predicted molar refractivity (Wildman–Crippen MR) is 119 cm³/mol. The van der Waals surface area contributed by atoms with Gasteiger partial charge in [-0.2, -0.15) is 4.98 Å². The highest BCUT2D eigenvalue weighted by Crippen LogP contribution is 2.37. The Hall–Kier alpha value is -3.06. The van der Waals surface area contributed by atoms with Crippen LogP contribution in [0.15, 0.2) is 58.8 Å². The molecule has 1 N–H and O–H groups in total. The second-order valence-corrected chi connectivity index (χ2v) is 7.76. The molecule has 0 fully saturated rings. The van der Waals surface area contributed by atoms with Crippen LogP contribution in [0.25, 0.3) is 17.0 Å². The van der Waals surface area contributed by atoms with E-state index < -0.39 is 0 Å². The number of aromatic nitrogens is 2. The van der Waals surface area contributed by atoms with Gasteiger partial charge in [0, 0.05) is 17.8 Å². The van der Waals surface area contributed by atoms with Gasteiger partial charge in [-0.25, -0.2) is 4.39 Å². The number of hydrogen-bond acceptors (Lipinski definition) is 4. The first-order valence-corrected chi connectivity index (χ1v) is 10.3. The number of nitrogens with zero attached hydrogens (tertiary/aromatic N) is 3. The summed E-state index contributed by atoms with van der Waals surface area (Å²) in [5.74, 6) is 0.665. The molecule has 2 heterocycles. The fourth-order valence-electron chi connectivity index (χ4n) is 3.61. The summed E-state index contributed by atoms with van der Waals surface area (Å²) in [6, 6.07) is 14.0. The minimum absolute atomic E-state index is 0.286. The van der Waals surface area contributed by atoms with Crippen LogP contribution in [-0.4, -0.2) is 26.7 Å². The summed E-state index contributed by atoms with van der Waals surface area (Å²) in [5.41, 5.74) is 4.72. The molecule has 0 saturated heterocycles. The summed E-state index contributed by atoms with van der Waals surface area (Å²) in [6.45, 7) is 6.91. The van der Waals surface area contributed by atoms with Crippen molar-refractivity contribution in [3.63, 3.8) is 0 Å². The van der Waals surface area contributed by atoms with Crippen molar-refractivity contribution in [2.45, 2.75) is 33.2 Å². The lowest BCUT2D eigenvalue weighted by Gasteiger charge is -2.37. The van der Waals surface area contributed by atoms with Crippen molar-refractivity contribution in [1.29, 1.82) is 0 Å². The zero-order valence-corrected chi connectivity index (χ0v) is 18.0. The quantitative estimate of drug-likeness (QED) is 0.566. The third-order valence-corrected chi connectivity index (χ3v) is 5.55. The number of rotatable bonds is 5. The summed E-state index contributed by atoms with van der Waals surface area (Å²) >= 11 is 5.61. The number of aryl methyl sites for hydroxylation is 1. The van der Waals surface area contributed by atoms with E-state index in [0.29, 0.717) is 16.8 Å². The second-order valence-electron chi connectivity index (χ2n) is 7.37. The van der Waals surface area contributed by atoms with Gasteiger partial charge in [-0.15, -0.1) is 0 Å². The van der Waals surface area contributed by atoms with E-state index in [-0.39, 0.29) is 11.9 Å². The van der Waals surface area contributed by atoms with Crippen LogP contribution >= 0.6 is 12.2 Å². The normalized spacial score (nSPS) is 16.7. The van der Waals surface area contributed by atoms with Gasteiger partial charge in [-0.05, 0) is 50.2 Å². The molecule has 0 aliphatic carbocycles. The predicted octanol–water partition coefficient (Wildman–Crippen LogP) is 5.26. The highest BCUT2D eigenvalue weighted by molar-refractivity contribution is 7.80. The third kappa shape index (κ3) is 3.85. The molecule has 0 saturated carbocycles. The van der Waals surface area contributed by atoms with Crippen molar-refractivity contribution >= 4 is 22.9 Å². The van der Waals surface area contributed by atoms with Crippen LogP contribution in [0.2, 0.25) is 0 Å². The van der Waals surface area contributed by atoms with Crippen LogP contribution in [0.3, 0.4) is 0 Å². The molecule has 2 aromatic carbocycles. The Morgan fingerprint density at radius 1 is 1.10 bits per heavy atom. The molecule has 1 aromatic heterocycles. The molecule has 0 radical (unpaired) electrons. The van der Waals surface area contributed by atoms with Crippen LogP contribution in [0, 0.1) is 12.7 Å². The van der Waals surface area contributed by atoms with Gasteiger partial charge in [0.15, 0.2) is 5.11 Å². The summed E-state index contributed by atoms with van der Waals surface area (Å²) in [7, 11) is 0. The Labute approximate surface area is 180 Å². The van der Waals surface area contributed by atoms with Crippen LogP contribution in [0.1, 0.15) is 43.3 Å². The number of halogens is 1. The highest BCUT2D eigenvalue weighted by atomic mass is 32.1. The molecule has 4 rings (SSSR count). The first kappa shape index (κ1) is 20.2. The molecule has 1 unspecified atom stereocenters. The summed E-state index contributed by atoms with van der Waals surface area (Å²) in [6.07, 6.45) is 0.937. The standard InChI is InChI=1S/C23H23FN4OS/c1-4-13-28-15(3)19(20(25-23(28)30)16-9-11-18(24)12-10-16)22-26-21(27-29-22)17-7-5-14(2)6-8-17/h5-12,20H,4,13H2,1-3H3,(H,25,30). The lowest BCUT2D eigenvalue weighted by Crippen LogP contribution is -2.46. The van der Waals surface area contributed by atoms with Crippen molar-refractivity contribution in [2.24, 2.45) is 0 Å². The first-order chi connectivity index (χ1) is 14.5. The average Bonchev–Trinajstić information content (AvgIpc) is 3.21. The molecule has 0 spiro atoms. The molecule has 0 amide bonds. The van der Waals surface area contributed by atoms with Crippen molar-refractivity contribution in [2.75, 3.05) is 6.54 Å². The van der Waals surface area contributed by atoms with E-state index in [1.165, 1.54) is 12.1 Å². The van der Waals surface area contributed by atoms with Crippen molar-refractivity contribution < 1.29 is 8.91 Å². The lowest BCUT2D eigenvalue weighted by atomic mass is 9.94. The first-order valence-electron chi connectivity index (χ1n) is 9.93. The topological polar surface area (TPSA) is 54.2 Å². The Morgan fingerprint density at radius 3 is 2.47 bits per heavy atom. The smallest absolute Gasteiger partial charge is 0.258 e. The average molecular weight is 423 g/mol. The van der Waals surface area contributed by atoms with Gasteiger partial charge >= 0.3 is 0 Å². The fourth-order valence-corrected chi connectivity index (χ4v) is 3.96.